The normalized spacial score (nSPS) is 29.4. The molecule has 4 heteroatoms. The minimum Gasteiger partial charge on any atom is -0.508 e. The average molecular weight is 393 g/mol. The van der Waals surface area contributed by atoms with Crippen LogP contribution in [0.1, 0.15) is 31.2 Å². The zero-order valence-corrected chi connectivity index (χ0v) is 17.0. The van der Waals surface area contributed by atoms with E-state index in [2.05, 4.69) is 40.7 Å². The molecule has 4 rings (SSSR count). The molecule has 1 aromatic carbocycles. The molecule has 2 heterocycles. The van der Waals surface area contributed by atoms with Gasteiger partial charge in [0.2, 0.25) is 0 Å². The highest BCUT2D eigenvalue weighted by molar-refractivity contribution is 5.49. The SMILES string of the molecule is O=CCCC1CCN(Cc2ccc(O)cc2)CC1C1=CC2C=CNCCC2C=C1. The highest BCUT2D eigenvalue weighted by Gasteiger charge is 2.32. The average Bonchev–Trinajstić information content (AvgIpc) is 2.99. The van der Waals surface area contributed by atoms with Gasteiger partial charge in [-0.05, 0) is 73.0 Å². The molecule has 2 N–H and O–H groups in total. The first-order valence-electron chi connectivity index (χ1n) is 11.0. The fraction of sp³-hybridized carbons (Fsp3) is 0.480. The molecule has 4 atom stereocenters. The molecular formula is C25H32N2O2. The van der Waals surface area contributed by atoms with Crippen LogP contribution in [0.3, 0.4) is 0 Å². The molecular weight excluding hydrogens is 360 g/mol. The number of aldehydes is 1. The fourth-order valence-corrected chi connectivity index (χ4v) is 5.09. The Morgan fingerprint density at radius 3 is 2.86 bits per heavy atom. The number of hydrogen-bond donors (Lipinski definition) is 2. The van der Waals surface area contributed by atoms with Gasteiger partial charge in [0.25, 0.3) is 0 Å². The molecule has 2 aliphatic heterocycles. The van der Waals surface area contributed by atoms with Gasteiger partial charge in [0.1, 0.15) is 12.0 Å². The van der Waals surface area contributed by atoms with E-state index in [1.54, 1.807) is 12.1 Å². The van der Waals surface area contributed by atoms with Crippen LogP contribution >= 0.6 is 0 Å². The summed E-state index contributed by atoms with van der Waals surface area (Å²) >= 11 is 0. The maximum Gasteiger partial charge on any atom is 0.120 e. The Bertz CT molecular complexity index is 781. The van der Waals surface area contributed by atoms with Crippen LogP contribution in [0.15, 0.2) is 60.3 Å². The van der Waals surface area contributed by atoms with Crippen LogP contribution in [0.2, 0.25) is 0 Å². The number of phenolic OH excluding ortho intramolecular Hbond substituents is 1. The number of carbonyl (C=O) groups excluding carboxylic acids is 1. The second-order valence-electron chi connectivity index (χ2n) is 8.67. The van der Waals surface area contributed by atoms with Crippen molar-refractivity contribution in [1.82, 2.24) is 10.2 Å². The van der Waals surface area contributed by atoms with E-state index in [4.69, 9.17) is 0 Å². The van der Waals surface area contributed by atoms with Crippen LogP contribution in [-0.2, 0) is 11.3 Å². The maximum atomic E-state index is 11.0. The van der Waals surface area contributed by atoms with Crippen molar-refractivity contribution in [3.63, 3.8) is 0 Å². The van der Waals surface area contributed by atoms with Gasteiger partial charge in [-0.1, -0.05) is 36.4 Å². The number of piperidine rings is 1. The zero-order valence-electron chi connectivity index (χ0n) is 17.0. The number of fused-ring (bicyclic) bond motifs is 1. The summed E-state index contributed by atoms with van der Waals surface area (Å²) in [6.45, 7) is 4.04. The van der Waals surface area contributed by atoms with E-state index >= 15 is 0 Å². The molecule has 1 fully saturated rings. The first-order chi connectivity index (χ1) is 14.2. The summed E-state index contributed by atoms with van der Waals surface area (Å²) in [4.78, 5) is 13.5. The lowest BCUT2D eigenvalue weighted by atomic mass is 9.73. The second-order valence-corrected chi connectivity index (χ2v) is 8.67. The lowest BCUT2D eigenvalue weighted by molar-refractivity contribution is -0.108. The zero-order chi connectivity index (χ0) is 20.1. The lowest BCUT2D eigenvalue weighted by Crippen LogP contribution is -2.41. The summed E-state index contributed by atoms with van der Waals surface area (Å²) in [5, 5.41) is 12.9. The molecule has 154 valence electrons. The molecule has 4 nitrogen and oxygen atoms in total. The smallest absolute Gasteiger partial charge is 0.120 e. The Labute approximate surface area is 174 Å². The third-order valence-electron chi connectivity index (χ3n) is 6.74. The quantitative estimate of drug-likeness (QED) is 0.718. The fourth-order valence-electron chi connectivity index (χ4n) is 5.09. The highest BCUT2D eigenvalue weighted by Crippen LogP contribution is 2.38. The first-order valence-corrected chi connectivity index (χ1v) is 11.0. The van der Waals surface area contributed by atoms with E-state index in [1.165, 1.54) is 17.6 Å². The molecule has 0 spiro atoms. The summed E-state index contributed by atoms with van der Waals surface area (Å²) in [5.74, 6) is 2.43. The monoisotopic (exact) mass is 392 g/mol. The van der Waals surface area contributed by atoms with Gasteiger partial charge in [0.05, 0.1) is 0 Å². The number of nitrogens with one attached hydrogen (secondary N) is 1. The third-order valence-corrected chi connectivity index (χ3v) is 6.74. The lowest BCUT2D eigenvalue weighted by Gasteiger charge is -2.40. The van der Waals surface area contributed by atoms with Gasteiger partial charge in [-0.2, -0.15) is 0 Å². The van der Waals surface area contributed by atoms with Crippen LogP contribution in [0, 0.1) is 23.7 Å². The van der Waals surface area contributed by atoms with Gasteiger partial charge < -0.3 is 15.2 Å². The van der Waals surface area contributed by atoms with Crippen molar-refractivity contribution < 1.29 is 9.90 Å². The summed E-state index contributed by atoms with van der Waals surface area (Å²) in [6.07, 6.45) is 16.7. The van der Waals surface area contributed by atoms with Crippen molar-refractivity contribution in [2.75, 3.05) is 19.6 Å². The summed E-state index contributed by atoms with van der Waals surface area (Å²) in [6, 6.07) is 7.55. The minimum absolute atomic E-state index is 0.317. The predicted octanol–water partition coefficient (Wildman–Crippen LogP) is 4.05. The standard InChI is InChI=1S/C25H32N2O2/c28-15-1-2-21-11-14-27(17-19-3-7-24(29)8-4-19)18-25(21)23-6-5-20-9-12-26-13-10-22(20)16-23/h3-8,10,13,15-16,20-22,25-26,29H,1-2,9,11-12,14,17-18H2. The Balaban J connectivity index is 1.50. The van der Waals surface area contributed by atoms with Crippen molar-refractivity contribution in [3.05, 3.63) is 65.9 Å². The number of nitrogens with zero attached hydrogens (tertiary/aromatic N) is 1. The number of allylic oxidation sites excluding steroid dienone is 4. The molecule has 3 aliphatic rings. The van der Waals surface area contributed by atoms with Crippen LogP contribution in [0.4, 0.5) is 0 Å². The highest BCUT2D eigenvalue weighted by atomic mass is 16.3. The molecule has 1 saturated heterocycles. The third kappa shape index (κ3) is 4.99. The number of hydrogen-bond acceptors (Lipinski definition) is 4. The molecule has 0 bridgehead atoms. The van der Waals surface area contributed by atoms with E-state index in [-0.39, 0.29) is 0 Å². The summed E-state index contributed by atoms with van der Waals surface area (Å²) < 4.78 is 0. The number of benzene rings is 1. The van der Waals surface area contributed by atoms with E-state index in [0.717, 1.165) is 45.3 Å². The van der Waals surface area contributed by atoms with E-state index in [1.807, 2.05) is 12.1 Å². The van der Waals surface area contributed by atoms with Crippen LogP contribution < -0.4 is 5.32 Å². The maximum absolute atomic E-state index is 11.0. The second kappa shape index (κ2) is 9.45. The van der Waals surface area contributed by atoms with Crippen molar-refractivity contribution in [2.24, 2.45) is 23.7 Å². The Hall–Kier alpha value is -2.33. The van der Waals surface area contributed by atoms with E-state index < -0.39 is 0 Å². The van der Waals surface area contributed by atoms with Gasteiger partial charge in [-0.15, -0.1) is 0 Å². The Kier molecular flexibility index (Phi) is 6.50. The number of likely N-dealkylation sites (tertiary alicyclic amines) is 1. The molecule has 0 amide bonds. The molecule has 0 saturated carbocycles. The number of carbonyl (C=O) groups is 1. The van der Waals surface area contributed by atoms with Gasteiger partial charge in [-0.3, -0.25) is 4.90 Å². The topological polar surface area (TPSA) is 52.6 Å². The molecule has 1 aromatic rings. The van der Waals surface area contributed by atoms with Gasteiger partial charge in [0.15, 0.2) is 0 Å². The van der Waals surface area contributed by atoms with Crippen molar-refractivity contribution >= 4 is 6.29 Å². The molecule has 1 aliphatic carbocycles. The summed E-state index contributed by atoms with van der Waals surface area (Å²) in [5.41, 5.74) is 2.68. The van der Waals surface area contributed by atoms with Crippen LogP contribution in [0.5, 0.6) is 5.75 Å². The molecule has 0 radical (unpaired) electrons. The molecule has 4 unspecified atom stereocenters. The first kappa shape index (κ1) is 20.0. The van der Waals surface area contributed by atoms with Crippen LogP contribution in [-0.4, -0.2) is 35.9 Å². The van der Waals surface area contributed by atoms with Crippen molar-refractivity contribution in [1.29, 1.82) is 0 Å². The largest absolute Gasteiger partial charge is 0.508 e. The number of aromatic hydroxyl groups is 1. The van der Waals surface area contributed by atoms with Crippen molar-refractivity contribution in [2.45, 2.75) is 32.2 Å². The van der Waals surface area contributed by atoms with E-state index in [0.29, 0.717) is 35.8 Å². The number of phenols is 1. The van der Waals surface area contributed by atoms with Crippen LogP contribution in [0.25, 0.3) is 0 Å². The van der Waals surface area contributed by atoms with Gasteiger partial charge >= 0.3 is 0 Å². The van der Waals surface area contributed by atoms with E-state index in [9.17, 15) is 9.90 Å². The molecule has 0 aromatic heterocycles. The Morgan fingerprint density at radius 1 is 1.17 bits per heavy atom. The summed E-state index contributed by atoms with van der Waals surface area (Å²) in [7, 11) is 0. The minimum atomic E-state index is 0.317. The van der Waals surface area contributed by atoms with Gasteiger partial charge in [0, 0.05) is 32.0 Å². The molecule has 29 heavy (non-hydrogen) atoms. The predicted molar refractivity (Wildman–Crippen MR) is 116 cm³/mol. The van der Waals surface area contributed by atoms with Crippen molar-refractivity contribution in [3.8, 4) is 5.75 Å². The Morgan fingerprint density at radius 2 is 2.03 bits per heavy atom. The number of rotatable bonds is 6. The van der Waals surface area contributed by atoms with Gasteiger partial charge in [-0.25, -0.2) is 0 Å².